The Balaban J connectivity index is 1.19. The highest BCUT2D eigenvalue weighted by Crippen LogP contribution is 2.43. The minimum absolute atomic E-state index is 0.123. The van der Waals surface area contributed by atoms with E-state index in [0.29, 0.717) is 43.2 Å². The molecule has 0 aliphatic carbocycles. The highest BCUT2D eigenvalue weighted by atomic mass is 35.5. The van der Waals surface area contributed by atoms with E-state index in [9.17, 15) is 9.59 Å². The molecule has 1 aromatic carbocycles. The predicted octanol–water partition coefficient (Wildman–Crippen LogP) is 2.85. The summed E-state index contributed by atoms with van der Waals surface area (Å²) in [5.74, 6) is 0.112. The van der Waals surface area contributed by atoms with Crippen molar-refractivity contribution in [3.8, 4) is 0 Å². The molecule has 4 aliphatic rings. The third-order valence-electron chi connectivity index (χ3n) is 7.29. The van der Waals surface area contributed by atoms with Crippen LogP contribution in [0, 0.1) is 0 Å². The van der Waals surface area contributed by atoms with Crippen molar-refractivity contribution in [3.63, 3.8) is 0 Å². The van der Waals surface area contributed by atoms with Crippen LogP contribution in [-0.4, -0.2) is 72.2 Å². The van der Waals surface area contributed by atoms with Crippen molar-refractivity contribution >= 4 is 29.1 Å². The second kappa shape index (κ2) is 8.26. The number of hydrogen-bond donors (Lipinski definition) is 2. The Morgan fingerprint density at radius 2 is 1.81 bits per heavy atom. The zero-order valence-corrected chi connectivity index (χ0v) is 18.7. The van der Waals surface area contributed by atoms with E-state index in [-0.39, 0.29) is 17.4 Å². The van der Waals surface area contributed by atoms with Crippen molar-refractivity contribution in [3.05, 3.63) is 28.8 Å². The van der Waals surface area contributed by atoms with Gasteiger partial charge in [0.25, 0.3) is 5.91 Å². The van der Waals surface area contributed by atoms with Gasteiger partial charge in [0.2, 0.25) is 5.91 Å². The molecule has 0 aromatic heterocycles. The first kappa shape index (κ1) is 21.0. The quantitative estimate of drug-likeness (QED) is 0.730. The average molecular weight is 447 g/mol. The summed E-state index contributed by atoms with van der Waals surface area (Å²) in [6, 6.07) is 5.33. The van der Waals surface area contributed by atoms with Crippen LogP contribution in [0.4, 0.5) is 5.69 Å². The van der Waals surface area contributed by atoms with Crippen LogP contribution in [0.5, 0.6) is 0 Å². The smallest absolute Gasteiger partial charge is 0.255 e. The van der Waals surface area contributed by atoms with E-state index in [1.165, 1.54) is 25.7 Å². The Hall–Kier alpha value is -1.83. The Kier molecular flexibility index (Phi) is 5.61. The number of carbonyl (C=O) groups excluding carboxylic acids is 2. The largest absolute Gasteiger partial charge is 0.370 e. The SMILES string of the molecule is O=C1NC2(COC3(CCN(C(=O)CN4CCCCCC4)CC3)C2)Nc2ccc(Cl)cc21. The monoisotopic (exact) mass is 446 g/mol. The molecule has 3 fully saturated rings. The van der Waals surface area contributed by atoms with Crippen LogP contribution in [0.1, 0.15) is 55.3 Å². The molecule has 2 N–H and O–H groups in total. The predicted molar refractivity (Wildman–Crippen MR) is 119 cm³/mol. The summed E-state index contributed by atoms with van der Waals surface area (Å²) >= 11 is 6.05. The van der Waals surface area contributed by atoms with Crippen LogP contribution in [0.15, 0.2) is 18.2 Å². The van der Waals surface area contributed by atoms with Gasteiger partial charge >= 0.3 is 0 Å². The van der Waals surface area contributed by atoms with E-state index in [0.717, 1.165) is 31.6 Å². The number of ether oxygens (including phenoxy) is 1. The van der Waals surface area contributed by atoms with Crippen molar-refractivity contribution in [1.29, 1.82) is 0 Å². The molecule has 5 rings (SSSR count). The first-order valence-corrected chi connectivity index (χ1v) is 11.9. The molecule has 0 radical (unpaired) electrons. The van der Waals surface area contributed by atoms with E-state index < -0.39 is 5.66 Å². The fraction of sp³-hybridized carbons (Fsp3) is 0.652. The van der Waals surface area contributed by atoms with Gasteiger partial charge in [-0.1, -0.05) is 24.4 Å². The summed E-state index contributed by atoms with van der Waals surface area (Å²) in [7, 11) is 0. The number of anilines is 1. The lowest BCUT2D eigenvalue weighted by Gasteiger charge is -2.41. The van der Waals surface area contributed by atoms with Gasteiger partial charge < -0.3 is 20.3 Å². The van der Waals surface area contributed by atoms with Gasteiger partial charge in [-0.2, -0.15) is 0 Å². The van der Waals surface area contributed by atoms with Gasteiger partial charge in [0.05, 0.1) is 24.3 Å². The fourth-order valence-corrected chi connectivity index (χ4v) is 5.72. The van der Waals surface area contributed by atoms with Gasteiger partial charge in [0, 0.05) is 30.2 Å². The molecule has 2 amide bonds. The van der Waals surface area contributed by atoms with Crippen LogP contribution in [0.3, 0.4) is 0 Å². The van der Waals surface area contributed by atoms with E-state index in [2.05, 4.69) is 15.5 Å². The summed E-state index contributed by atoms with van der Waals surface area (Å²) in [5.41, 5.74) is 0.451. The Morgan fingerprint density at radius 3 is 2.55 bits per heavy atom. The van der Waals surface area contributed by atoms with Crippen LogP contribution in [0.2, 0.25) is 5.02 Å². The molecule has 0 saturated carbocycles. The third kappa shape index (κ3) is 4.28. The minimum atomic E-state index is -0.601. The van der Waals surface area contributed by atoms with Crippen molar-refractivity contribution in [2.24, 2.45) is 0 Å². The number of carbonyl (C=O) groups is 2. The zero-order chi connectivity index (χ0) is 21.5. The van der Waals surface area contributed by atoms with Gasteiger partial charge in [0.1, 0.15) is 5.66 Å². The molecule has 1 atom stereocenters. The standard InChI is InChI=1S/C23H31ClN4O3/c24-17-5-6-19-18(13-17)21(30)26-23(25-19)15-22(31-16-23)7-11-28(12-8-22)20(29)14-27-9-3-1-2-4-10-27/h5-6,13,25H,1-4,7-12,14-16H2,(H,26,30). The minimum Gasteiger partial charge on any atom is -0.370 e. The van der Waals surface area contributed by atoms with E-state index >= 15 is 0 Å². The number of rotatable bonds is 2. The van der Waals surface area contributed by atoms with Crippen molar-refractivity contribution < 1.29 is 14.3 Å². The molecule has 4 heterocycles. The Morgan fingerprint density at radius 1 is 1.06 bits per heavy atom. The number of nitrogens with one attached hydrogen (secondary N) is 2. The average Bonchev–Trinajstić information content (AvgIpc) is 2.91. The maximum absolute atomic E-state index is 12.8. The summed E-state index contributed by atoms with van der Waals surface area (Å²) in [6.45, 7) is 4.45. The highest BCUT2D eigenvalue weighted by Gasteiger charge is 2.53. The fourth-order valence-electron chi connectivity index (χ4n) is 5.55. The summed E-state index contributed by atoms with van der Waals surface area (Å²) in [5, 5.41) is 7.16. The van der Waals surface area contributed by atoms with Gasteiger partial charge in [-0.05, 0) is 57.0 Å². The maximum atomic E-state index is 12.8. The number of halogens is 1. The Bertz CT molecular complexity index is 862. The van der Waals surface area contributed by atoms with E-state index in [1.54, 1.807) is 12.1 Å². The van der Waals surface area contributed by atoms with Crippen molar-refractivity contribution in [2.75, 3.05) is 44.6 Å². The molecule has 7 nitrogen and oxygen atoms in total. The first-order chi connectivity index (χ1) is 15.0. The van der Waals surface area contributed by atoms with Crippen LogP contribution in [-0.2, 0) is 9.53 Å². The van der Waals surface area contributed by atoms with E-state index in [1.807, 2.05) is 11.0 Å². The van der Waals surface area contributed by atoms with Gasteiger partial charge in [-0.25, -0.2) is 0 Å². The van der Waals surface area contributed by atoms with Gasteiger partial charge in [-0.15, -0.1) is 0 Å². The molecule has 2 spiro atoms. The topological polar surface area (TPSA) is 73.9 Å². The van der Waals surface area contributed by atoms with Crippen LogP contribution in [0.25, 0.3) is 0 Å². The lowest BCUT2D eigenvalue weighted by Crippen LogP contribution is -2.59. The molecule has 0 bridgehead atoms. The molecule has 1 aromatic rings. The lowest BCUT2D eigenvalue weighted by molar-refractivity contribution is -0.137. The van der Waals surface area contributed by atoms with Gasteiger partial charge in [0.15, 0.2) is 0 Å². The molecule has 8 heteroatoms. The molecule has 168 valence electrons. The number of fused-ring (bicyclic) bond motifs is 1. The molecule has 3 saturated heterocycles. The molecular formula is C23H31ClN4O3. The first-order valence-electron chi connectivity index (χ1n) is 11.5. The second-order valence-electron chi connectivity index (χ2n) is 9.57. The number of likely N-dealkylation sites (tertiary alicyclic amines) is 2. The van der Waals surface area contributed by atoms with Gasteiger partial charge in [-0.3, -0.25) is 14.5 Å². The maximum Gasteiger partial charge on any atom is 0.255 e. The number of hydrogen-bond acceptors (Lipinski definition) is 5. The normalized spacial score (nSPS) is 28.2. The number of nitrogens with zero attached hydrogens (tertiary/aromatic N) is 2. The number of amides is 2. The molecule has 1 unspecified atom stereocenters. The van der Waals surface area contributed by atoms with Crippen LogP contribution >= 0.6 is 11.6 Å². The molecular weight excluding hydrogens is 416 g/mol. The summed E-state index contributed by atoms with van der Waals surface area (Å²) in [6.07, 6.45) is 7.23. The second-order valence-corrected chi connectivity index (χ2v) is 10.0. The number of piperidine rings is 1. The zero-order valence-electron chi connectivity index (χ0n) is 17.9. The highest BCUT2D eigenvalue weighted by molar-refractivity contribution is 6.31. The summed E-state index contributed by atoms with van der Waals surface area (Å²) < 4.78 is 6.30. The lowest BCUT2D eigenvalue weighted by atomic mass is 9.84. The number of benzene rings is 1. The summed E-state index contributed by atoms with van der Waals surface area (Å²) in [4.78, 5) is 29.9. The molecule has 4 aliphatic heterocycles. The van der Waals surface area contributed by atoms with Crippen LogP contribution < -0.4 is 10.6 Å². The Labute approximate surface area is 188 Å². The third-order valence-corrected chi connectivity index (χ3v) is 7.52. The van der Waals surface area contributed by atoms with Crippen molar-refractivity contribution in [1.82, 2.24) is 15.1 Å². The van der Waals surface area contributed by atoms with Crippen molar-refractivity contribution in [2.45, 2.75) is 56.2 Å². The molecule has 31 heavy (non-hydrogen) atoms. The van der Waals surface area contributed by atoms with E-state index in [4.69, 9.17) is 16.3 Å².